The van der Waals surface area contributed by atoms with Crippen LogP contribution in [0.15, 0.2) is 70.6 Å². The molecule has 2 aromatic carbocycles. The SMILES string of the molecule is CC(C)[C@H]1COC(C(Cc2ccccc2)(Cc2ccccc2)C2=N[C@@H](C(C)C)CO2)=N1. The summed E-state index contributed by atoms with van der Waals surface area (Å²) in [5, 5.41) is 0. The van der Waals surface area contributed by atoms with E-state index < -0.39 is 5.41 Å². The highest BCUT2D eigenvalue weighted by Gasteiger charge is 2.49. The monoisotopic (exact) mass is 418 g/mol. The largest absolute Gasteiger partial charge is 0.478 e. The predicted molar refractivity (Wildman–Crippen MR) is 127 cm³/mol. The smallest absolute Gasteiger partial charge is 0.200 e. The highest BCUT2D eigenvalue weighted by atomic mass is 16.5. The normalized spacial score (nSPS) is 21.1. The van der Waals surface area contributed by atoms with E-state index in [-0.39, 0.29) is 12.1 Å². The van der Waals surface area contributed by atoms with Gasteiger partial charge in [0.05, 0.1) is 12.1 Å². The van der Waals surface area contributed by atoms with Crippen LogP contribution in [0, 0.1) is 17.3 Å². The van der Waals surface area contributed by atoms with Crippen LogP contribution in [0.3, 0.4) is 0 Å². The third-order valence-corrected chi connectivity index (χ3v) is 6.40. The van der Waals surface area contributed by atoms with E-state index in [9.17, 15) is 0 Å². The van der Waals surface area contributed by atoms with Crippen molar-refractivity contribution >= 4 is 11.8 Å². The Morgan fingerprint density at radius 1 is 0.710 bits per heavy atom. The molecule has 2 atom stereocenters. The first-order valence-corrected chi connectivity index (χ1v) is 11.5. The molecule has 31 heavy (non-hydrogen) atoms. The Labute approximate surface area is 186 Å². The van der Waals surface area contributed by atoms with E-state index in [1.165, 1.54) is 11.1 Å². The van der Waals surface area contributed by atoms with Crippen molar-refractivity contribution in [3.8, 4) is 0 Å². The molecule has 2 aromatic rings. The summed E-state index contributed by atoms with van der Waals surface area (Å²) < 4.78 is 12.7. The first-order valence-electron chi connectivity index (χ1n) is 11.5. The topological polar surface area (TPSA) is 43.2 Å². The number of nitrogens with zero attached hydrogens (tertiary/aromatic N) is 2. The van der Waals surface area contributed by atoms with Gasteiger partial charge in [0.1, 0.15) is 18.6 Å². The summed E-state index contributed by atoms with van der Waals surface area (Å²) in [7, 11) is 0. The molecule has 164 valence electrons. The van der Waals surface area contributed by atoms with Gasteiger partial charge in [-0.3, -0.25) is 0 Å². The van der Waals surface area contributed by atoms with Crippen molar-refractivity contribution in [2.45, 2.75) is 52.6 Å². The van der Waals surface area contributed by atoms with Gasteiger partial charge in [0.25, 0.3) is 0 Å². The van der Waals surface area contributed by atoms with E-state index in [1.807, 2.05) is 0 Å². The molecule has 0 N–H and O–H groups in total. The molecule has 0 amide bonds. The molecule has 0 radical (unpaired) electrons. The molecule has 0 unspecified atom stereocenters. The van der Waals surface area contributed by atoms with E-state index in [0.29, 0.717) is 25.0 Å². The molecule has 4 nitrogen and oxygen atoms in total. The van der Waals surface area contributed by atoms with Crippen LogP contribution in [0.2, 0.25) is 0 Å². The van der Waals surface area contributed by atoms with Crippen LogP contribution in [-0.4, -0.2) is 37.1 Å². The Morgan fingerprint density at radius 3 is 1.42 bits per heavy atom. The summed E-state index contributed by atoms with van der Waals surface area (Å²) in [5.41, 5.74) is 1.92. The van der Waals surface area contributed by atoms with Gasteiger partial charge in [0, 0.05) is 0 Å². The maximum Gasteiger partial charge on any atom is 0.200 e. The zero-order valence-electron chi connectivity index (χ0n) is 19.1. The molecule has 0 saturated carbocycles. The van der Waals surface area contributed by atoms with E-state index in [0.717, 1.165) is 24.6 Å². The third-order valence-electron chi connectivity index (χ3n) is 6.40. The first-order chi connectivity index (χ1) is 15.0. The van der Waals surface area contributed by atoms with Crippen molar-refractivity contribution in [3.05, 3.63) is 71.8 Å². The van der Waals surface area contributed by atoms with E-state index in [4.69, 9.17) is 19.5 Å². The van der Waals surface area contributed by atoms with Gasteiger partial charge >= 0.3 is 0 Å². The number of hydrogen-bond acceptors (Lipinski definition) is 4. The quantitative estimate of drug-likeness (QED) is 0.579. The van der Waals surface area contributed by atoms with Crippen LogP contribution in [0.1, 0.15) is 38.8 Å². The maximum absolute atomic E-state index is 6.33. The molecule has 2 aliphatic rings. The zero-order valence-corrected chi connectivity index (χ0v) is 19.1. The summed E-state index contributed by atoms with van der Waals surface area (Å²) in [4.78, 5) is 10.2. The Balaban J connectivity index is 1.83. The van der Waals surface area contributed by atoms with Crippen LogP contribution in [0.25, 0.3) is 0 Å². The van der Waals surface area contributed by atoms with Crippen molar-refractivity contribution in [2.24, 2.45) is 27.2 Å². The van der Waals surface area contributed by atoms with Crippen LogP contribution in [0.5, 0.6) is 0 Å². The second-order valence-corrected chi connectivity index (χ2v) is 9.52. The lowest BCUT2D eigenvalue weighted by Crippen LogP contribution is -2.44. The molecule has 2 aliphatic heterocycles. The van der Waals surface area contributed by atoms with Crippen molar-refractivity contribution in [1.82, 2.24) is 0 Å². The molecule has 4 rings (SSSR count). The average molecular weight is 419 g/mol. The minimum Gasteiger partial charge on any atom is -0.478 e. The Kier molecular flexibility index (Phi) is 6.45. The van der Waals surface area contributed by atoms with Crippen LogP contribution in [0.4, 0.5) is 0 Å². The molecule has 4 heteroatoms. The fourth-order valence-corrected chi connectivity index (χ4v) is 4.33. The van der Waals surface area contributed by atoms with Gasteiger partial charge in [-0.15, -0.1) is 0 Å². The highest BCUT2D eigenvalue weighted by molar-refractivity contribution is 6.07. The molecule has 0 saturated heterocycles. The Morgan fingerprint density at radius 2 is 1.10 bits per heavy atom. The van der Waals surface area contributed by atoms with Crippen LogP contribution >= 0.6 is 0 Å². The van der Waals surface area contributed by atoms with Gasteiger partial charge in [-0.1, -0.05) is 88.4 Å². The summed E-state index contributed by atoms with van der Waals surface area (Å²) in [6.07, 6.45) is 1.49. The van der Waals surface area contributed by atoms with Crippen molar-refractivity contribution in [1.29, 1.82) is 0 Å². The van der Waals surface area contributed by atoms with E-state index in [1.54, 1.807) is 0 Å². The summed E-state index contributed by atoms with van der Waals surface area (Å²) in [6, 6.07) is 21.5. The van der Waals surface area contributed by atoms with Crippen LogP contribution < -0.4 is 0 Å². The standard InChI is InChI=1S/C27H34N2O2/c1-19(2)23-17-30-25(28-23)27(15-21-11-7-5-8-12-21,16-22-13-9-6-10-14-22)26-29-24(18-31-26)20(3)4/h5-14,19-20,23-24H,15-18H2,1-4H3/t23-,24-/m1/s1. The minimum absolute atomic E-state index is 0.170. The van der Waals surface area contributed by atoms with E-state index >= 15 is 0 Å². The van der Waals surface area contributed by atoms with Gasteiger partial charge in [0.2, 0.25) is 0 Å². The zero-order chi connectivity index (χ0) is 21.8. The average Bonchev–Trinajstić information content (AvgIpc) is 3.46. The summed E-state index contributed by atoms with van der Waals surface area (Å²) in [5.74, 6) is 2.42. The van der Waals surface area contributed by atoms with E-state index in [2.05, 4.69) is 88.4 Å². The number of ether oxygens (including phenoxy) is 2. The number of rotatable bonds is 8. The fraction of sp³-hybridized carbons (Fsp3) is 0.481. The predicted octanol–water partition coefficient (Wildman–Crippen LogP) is 5.36. The third kappa shape index (κ3) is 4.68. The molecule has 2 heterocycles. The van der Waals surface area contributed by atoms with Gasteiger partial charge in [-0.05, 0) is 35.8 Å². The summed E-state index contributed by atoms with van der Waals surface area (Å²) >= 11 is 0. The molecule has 0 bridgehead atoms. The second-order valence-electron chi connectivity index (χ2n) is 9.52. The molecular weight excluding hydrogens is 384 g/mol. The second kappa shape index (κ2) is 9.25. The summed E-state index contributed by atoms with van der Waals surface area (Å²) in [6.45, 7) is 10.1. The lowest BCUT2D eigenvalue weighted by molar-refractivity contribution is 0.237. The number of aliphatic imine (C=N–C) groups is 2. The lowest BCUT2D eigenvalue weighted by atomic mass is 9.75. The molecule has 0 fully saturated rings. The Hall–Kier alpha value is -2.62. The number of hydrogen-bond donors (Lipinski definition) is 0. The van der Waals surface area contributed by atoms with Crippen molar-refractivity contribution < 1.29 is 9.47 Å². The lowest BCUT2D eigenvalue weighted by Gasteiger charge is -2.32. The highest BCUT2D eigenvalue weighted by Crippen LogP contribution is 2.38. The maximum atomic E-state index is 6.33. The van der Waals surface area contributed by atoms with Gasteiger partial charge in [0.15, 0.2) is 11.8 Å². The minimum atomic E-state index is -0.546. The molecule has 0 aromatic heterocycles. The van der Waals surface area contributed by atoms with Gasteiger partial charge < -0.3 is 9.47 Å². The fourth-order valence-electron chi connectivity index (χ4n) is 4.33. The van der Waals surface area contributed by atoms with Crippen LogP contribution in [-0.2, 0) is 22.3 Å². The van der Waals surface area contributed by atoms with Crippen molar-refractivity contribution in [3.63, 3.8) is 0 Å². The van der Waals surface area contributed by atoms with Gasteiger partial charge in [-0.2, -0.15) is 0 Å². The Bertz CT molecular complexity index is 841. The molecular formula is C27H34N2O2. The number of benzene rings is 2. The van der Waals surface area contributed by atoms with Crippen molar-refractivity contribution in [2.75, 3.05) is 13.2 Å². The van der Waals surface area contributed by atoms with Gasteiger partial charge in [-0.25, -0.2) is 9.98 Å². The first kappa shape index (κ1) is 21.6. The molecule has 0 spiro atoms. The molecule has 0 aliphatic carbocycles.